The van der Waals surface area contributed by atoms with E-state index in [2.05, 4.69) is 5.73 Å². The third-order valence-corrected chi connectivity index (χ3v) is 15.6. The number of allylic oxidation sites excluding steroid dienone is 1. The van der Waals surface area contributed by atoms with E-state index in [1.54, 1.807) is 6.92 Å². The van der Waals surface area contributed by atoms with Gasteiger partial charge in [-0.3, -0.25) is 0 Å². The van der Waals surface area contributed by atoms with Gasteiger partial charge < -0.3 is 63.0 Å². The molecule has 16 nitrogen and oxygen atoms in total. The lowest BCUT2D eigenvalue weighted by Crippen LogP contribution is -2.68. The molecule has 0 radical (unpaired) electrons. The van der Waals surface area contributed by atoms with Crippen LogP contribution < -0.4 is 5.73 Å². The number of aliphatic hydroxyl groups is 2. The zero-order valence-corrected chi connectivity index (χ0v) is 38.6. The maximum Gasteiger partial charge on any atom is 0.536 e. The van der Waals surface area contributed by atoms with Crippen molar-refractivity contribution in [3.8, 4) is 0 Å². The van der Waals surface area contributed by atoms with Crippen LogP contribution in [0.3, 0.4) is 0 Å². The maximum atomic E-state index is 15.0. The van der Waals surface area contributed by atoms with Crippen LogP contribution in [0.4, 0.5) is 0 Å². The molecule has 0 amide bonds. The maximum absolute atomic E-state index is 15.0. The summed E-state index contributed by atoms with van der Waals surface area (Å²) in [5.41, 5.74) is 2.31. The molecule has 352 valence electrons. The van der Waals surface area contributed by atoms with Gasteiger partial charge in [0.25, 0.3) is 0 Å². The number of rotatable bonds is 4. The fourth-order valence-corrected chi connectivity index (χ4v) is 10.6. The van der Waals surface area contributed by atoms with Gasteiger partial charge in [0.1, 0.15) is 18.3 Å². The Morgan fingerprint density at radius 3 is 1.90 bits per heavy atom. The normalized spacial score (nSPS) is 45.8. The van der Waals surface area contributed by atoms with E-state index < -0.39 is 126 Å². The van der Waals surface area contributed by atoms with Gasteiger partial charge in [-0.1, -0.05) is 67.5 Å². The molecule has 3 spiro atoms. The van der Waals surface area contributed by atoms with Crippen LogP contribution in [0.5, 0.6) is 0 Å². The molecule has 6 fully saturated rings. The van der Waals surface area contributed by atoms with Crippen molar-refractivity contribution in [2.24, 2.45) is 28.6 Å². The van der Waals surface area contributed by atoms with Crippen molar-refractivity contribution in [2.45, 2.75) is 225 Å². The van der Waals surface area contributed by atoms with Gasteiger partial charge in [-0.25, -0.2) is 14.4 Å². The molecule has 7 aliphatic heterocycles. The van der Waals surface area contributed by atoms with Gasteiger partial charge in [0, 0.05) is 41.4 Å². The molecule has 6 saturated heterocycles. The molecular weight excluding hydrogens is 805 g/mol. The highest BCUT2D eigenvalue weighted by molar-refractivity contribution is 6.56. The zero-order valence-electron chi connectivity index (χ0n) is 38.6. The summed E-state index contributed by atoms with van der Waals surface area (Å²) in [6.07, 6.45) is -0.138. The zero-order chi connectivity index (χ0) is 45.2. The molecule has 5 N–H and O–H groups in total. The highest BCUT2D eigenvalue weighted by Gasteiger charge is 2.73. The summed E-state index contributed by atoms with van der Waals surface area (Å²) >= 11 is 0. The predicted octanol–water partition coefficient (Wildman–Crippen LogP) is 4.17. The Morgan fingerprint density at radius 1 is 0.790 bits per heavy atom. The quantitative estimate of drug-likeness (QED) is 0.157. The molecule has 0 aromatic carbocycles. The van der Waals surface area contributed by atoms with E-state index in [1.165, 1.54) is 0 Å². The minimum absolute atomic E-state index is 0.0893. The highest BCUT2D eigenvalue weighted by atomic mass is 17.0. The van der Waals surface area contributed by atoms with Gasteiger partial charge in [0.2, 0.25) is 0 Å². The molecular formula is C45H74BNO15. The Labute approximate surface area is 366 Å². The predicted molar refractivity (Wildman–Crippen MR) is 222 cm³/mol. The first-order valence-corrected chi connectivity index (χ1v) is 23.4. The molecule has 62 heavy (non-hydrogen) atoms. The Hall–Kier alpha value is -2.19. The van der Waals surface area contributed by atoms with Crippen molar-refractivity contribution >= 4 is 24.9 Å². The van der Waals surface area contributed by atoms with E-state index in [9.17, 15) is 19.8 Å². The SMILES string of the molecule is CC(C)[C@@H]([NH3+])C(=O)O[C@H](C)[C@@H]1CC=CCC[C@H](O)C(C)(C)[C@@H]2CC[C@@H](C)[C@@]3(O2)O[B-]24O[C@@H](C(=O)O1)[C@@]1(O[C@@H](CC[C@H]1C)C(C)(C)[C@H](O)CCC[C@@H]1C[C@H](OC(=O)[C@@H]3O2)[C@@H](C)O1)O4. The van der Waals surface area contributed by atoms with Crippen molar-refractivity contribution in [1.29, 1.82) is 0 Å². The standard InChI is InChI=1S/C45H73BNO15/c1-24(2)36(47)39(50)54-27(5)30-16-12-11-13-17-32(48)42(7,8)34-21-19-26(4)45(57-34)38-41(52)56-31-23-29(53-28(31)6)15-14-18-33(49)43(9,10)35-22-20-25(3)44(58-35)37(40(51)55-30)59-46(60-38,61-44)62-45/h11-12,24-38,48-49H,13-23,47H2,1-10H3/q-1/p+1/t25-,26-,27-,28-,29-,30+,31+,32+,33-,34+,35+,36-,37+,38+,44+,45-,46?/m1/s1. The van der Waals surface area contributed by atoms with Gasteiger partial charge in [0.05, 0.1) is 36.6 Å². The second-order valence-corrected chi connectivity index (χ2v) is 21.0. The van der Waals surface area contributed by atoms with Gasteiger partial charge >= 0.3 is 24.9 Å². The lowest BCUT2D eigenvalue weighted by Gasteiger charge is -2.52. The number of ether oxygens (including phenoxy) is 6. The van der Waals surface area contributed by atoms with Crippen molar-refractivity contribution in [1.82, 2.24) is 0 Å². The third-order valence-electron chi connectivity index (χ3n) is 15.6. The van der Waals surface area contributed by atoms with Crippen LogP contribution >= 0.6 is 0 Å². The largest absolute Gasteiger partial charge is 0.536 e. The minimum Gasteiger partial charge on any atom is -0.504 e. The summed E-state index contributed by atoms with van der Waals surface area (Å²) in [5, 5.41) is 23.6. The summed E-state index contributed by atoms with van der Waals surface area (Å²) in [4.78, 5) is 43.0. The van der Waals surface area contributed by atoms with E-state index in [-0.39, 0.29) is 18.4 Å². The number of cyclic esters (lactones) is 1. The van der Waals surface area contributed by atoms with Crippen molar-refractivity contribution < 1.29 is 77.4 Å². The minimum atomic E-state index is -3.52. The van der Waals surface area contributed by atoms with Crippen LogP contribution in [0, 0.1) is 28.6 Å². The molecule has 17 atom stereocenters. The van der Waals surface area contributed by atoms with Crippen molar-refractivity contribution in [3.05, 3.63) is 12.2 Å². The van der Waals surface area contributed by atoms with Crippen LogP contribution in [-0.2, 0) is 61.4 Å². The lowest BCUT2D eigenvalue weighted by atomic mass is 9.73. The third kappa shape index (κ3) is 8.78. The molecule has 7 heterocycles. The summed E-state index contributed by atoms with van der Waals surface area (Å²) in [5.74, 6) is -7.04. The molecule has 17 heteroatoms. The van der Waals surface area contributed by atoms with E-state index in [0.717, 1.165) is 0 Å². The summed E-state index contributed by atoms with van der Waals surface area (Å²) in [7, 11) is 0. The first-order chi connectivity index (χ1) is 29.0. The van der Waals surface area contributed by atoms with Crippen LogP contribution in [0.2, 0.25) is 0 Å². The Bertz CT molecular complexity index is 1680. The number of hydrogen-bond acceptors (Lipinski definition) is 15. The van der Waals surface area contributed by atoms with E-state index in [1.807, 2.05) is 74.5 Å². The van der Waals surface area contributed by atoms with Crippen molar-refractivity contribution in [3.63, 3.8) is 0 Å². The first kappa shape index (κ1) is 47.8. The second-order valence-electron chi connectivity index (χ2n) is 21.0. The number of fused-ring (bicyclic) bond motifs is 6. The molecule has 7 aliphatic rings. The second kappa shape index (κ2) is 17.9. The van der Waals surface area contributed by atoms with Gasteiger partial charge in [0.15, 0.2) is 29.8 Å². The summed E-state index contributed by atoms with van der Waals surface area (Å²) in [6, 6.07) is -0.652. The number of carbonyl (C=O) groups is 3. The molecule has 1 unspecified atom stereocenters. The molecule has 0 aromatic heterocycles. The molecule has 0 aliphatic carbocycles. The van der Waals surface area contributed by atoms with Gasteiger partial charge in [-0.05, 0) is 71.6 Å². The number of quaternary nitrogens is 1. The Morgan fingerprint density at radius 2 is 1.34 bits per heavy atom. The fourth-order valence-electron chi connectivity index (χ4n) is 10.6. The average Bonchev–Trinajstić information content (AvgIpc) is 3.84. The lowest BCUT2D eigenvalue weighted by molar-refractivity contribution is -0.419. The number of aliphatic hydroxyl groups excluding tert-OH is 2. The number of hydrogen-bond donors (Lipinski definition) is 3. The van der Waals surface area contributed by atoms with E-state index >= 15 is 4.79 Å². The Balaban J connectivity index is 1.36. The monoisotopic (exact) mass is 880 g/mol. The first-order valence-electron chi connectivity index (χ1n) is 23.4. The van der Waals surface area contributed by atoms with Crippen LogP contribution in [0.25, 0.3) is 0 Å². The Kier molecular flexibility index (Phi) is 13.8. The topological polar surface area (TPSA) is 212 Å². The van der Waals surface area contributed by atoms with Crippen LogP contribution in [-0.4, -0.2) is 120 Å². The highest BCUT2D eigenvalue weighted by Crippen LogP contribution is 2.57. The summed E-state index contributed by atoms with van der Waals surface area (Å²) in [6.45, 7) is 15.3. The van der Waals surface area contributed by atoms with Crippen LogP contribution in [0.1, 0.15) is 140 Å². The van der Waals surface area contributed by atoms with Crippen LogP contribution in [0.15, 0.2) is 12.2 Å². The van der Waals surface area contributed by atoms with E-state index in [4.69, 9.17) is 47.0 Å². The smallest absolute Gasteiger partial charge is 0.504 e. The van der Waals surface area contributed by atoms with E-state index in [0.29, 0.717) is 64.2 Å². The number of carbonyl (C=O) groups excluding carboxylic acids is 3. The molecule has 0 aromatic rings. The average molecular weight is 880 g/mol. The molecule has 9 bridgehead atoms. The molecule has 0 saturated carbocycles. The summed E-state index contributed by atoms with van der Waals surface area (Å²) < 4.78 is 66.1. The number of esters is 3. The fraction of sp³-hybridized carbons (Fsp3) is 0.889. The van der Waals surface area contributed by atoms with Crippen molar-refractivity contribution in [2.75, 3.05) is 0 Å². The van der Waals surface area contributed by atoms with Gasteiger partial charge in [-0.2, -0.15) is 0 Å². The van der Waals surface area contributed by atoms with Gasteiger partial charge in [-0.15, -0.1) is 0 Å². The molecule has 7 rings (SSSR count).